The minimum atomic E-state index is 0.183. The fourth-order valence-corrected chi connectivity index (χ4v) is 4.90. The highest BCUT2D eigenvalue weighted by Crippen LogP contribution is 2.56. The van der Waals surface area contributed by atoms with E-state index < -0.39 is 0 Å². The molecule has 2 fully saturated rings. The summed E-state index contributed by atoms with van der Waals surface area (Å²) in [6, 6.07) is 15.6. The number of rotatable bonds is 5. The molecule has 0 bridgehead atoms. The molecule has 2 aromatic rings. The third-order valence-corrected chi connectivity index (χ3v) is 6.56. The van der Waals surface area contributed by atoms with Crippen molar-refractivity contribution in [3.63, 3.8) is 0 Å². The van der Waals surface area contributed by atoms with Gasteiger partial charge in [-0.25, -0.2) is 0 Å². The summed E-state index contributed by atoms with van der Waals surface area (Å²) in [7, 11) is 3.63. The Hall–Kier alpha value is -2.37. The lowest BCUT2D eigenvalue weighted by Crippen LogP contribution is -2.34. The molecule has 2 heterocycles. The highest BCUT2D eigenvalue weighted by molar-refractivity contribution is 6.01. The van der Waals surface area contributed by atoms with Crippen LogP contribution in [0.25, 0.3) is 0 Å². The Morgan fingerprint density at radius 2 is 2.04 bits per heavy atom. The van der Waals surface area contributed by atoms with E-state index >= 15 is 0 Å². The first-order valence-electron chi connectivity index (χ1n) is 10.2. The van der Waals surface area contributed by atoms with Gasteiger partial charge < -0.3 is 20.3 Å². The normalized spacial score (nSPS) is 28.1. The highest BCUT2D eigenvalue weighted by Gasteiger charge is 2.50. The highest BCUT2D eigenvalue weighted by atomic mass is 16.5. The maximum atomic E-state index is 12.4. The van der Waals surface area contributed by atoms with E-state index in [2.05, 4.69) is 53.1 Å². The molecule has 5 rings (SSSR count). The summed E-state index contributed by atoms with van der Waals surface area (Å²) in [5, 5.41) is 7.35. The van der Waals surface area contributed by atoms with Crippen LogP contribution in [0.15, 0.2) is 42.5 Å². The van der Waals surface area contributed by atoms with Crippen LogP contribution in [0.3, 0.4) is 0 Å². The second-order valence-corrected chi connectivity index (χ2v) is 8.19. The van der Waals surface area contributed by atoms with E-state index in [0.29, 0.717) is 18.0 Å². The smallest absolute Gasteiger partial charge is 0.230 e. The molecule has 2 N–H and O–H groups in total. The van der Waals surface area contributed by atoms with Crippen molar-refractivity contribution in [2.75, 3.05) is 25.6 Å². The summed E-state index contributed by atoms with van der Waals surface area (Å²) >= 11 is 0. The minimum Gasteiger partial charge on any atom is -0.496 e. The predicted molar refractivity (Wildman–Crippen MR) is 110 cm³/mol. The Labute approximate surface area is 166 Å². The molecule has 5 heteroatoms. The van der Waals surface area contributed by atoms with Crippen LogP contribution in [0, 0.1) is 5.92 Å². The number of benzene rings is 2. The molecule has 146 valence electrons. The zero-order chi connectivity index (χ0) is 19.3. The van der Waals surface area contributed by atoms with Gasteiger partial charge in [-0.15, -0.1) is 0 Å². The van der Waals surface area contributed by atoms with Crippen molar-refractivity contribution in [2.24, 2.45) is 5.92 Å². The summed E-state index contributed by atoms with van der Waals surface area (Å²) in [4.78, 5) is 14.3. The number of fused-ring (bicyclic) bond motifs is 3. The van der Waals surface area contributed by atoms with Crippen molar-refractivity contribution in [1.82, 2.24) is 10.6 Å². The van der Waals surface area contributed by atoms with E-state index in [4.69, 9.17) is 4.74 Å². The lowest BCUT2D eigenvalue weighted by atomic mass is 9.97. The molecule has 1 amide bonds. The first-order valence-corrected chi connectivity index (χ1v) is 10.2. The SMILES string of the molecule is COc1cc2c(cc1CNC1CCNC1c1ccccc1)N(C)C(=O)C1CC21. The average molecular weight is 377 g/mol. The maximum absolute atomic E-state index is 12.4. The number of hydrogen-bond donors (Lipinski definition) is 2. The second-order valence-electron chi connectivity index (χ2n) is 8.19. The molecule has 1 saturated heterocycles. The van der Waals surface area contributed by atoms with Gasteiger partial charge in [0, 0.05) is 42.8 Å². The van der Waals surface area contributed by atoms with Crippen LogP contribution < -0.4 is 20.3 Å². The van der Waals surface area contributed by atoms with Gasteiger partial charge in [-0.1, -0.05) is 30.3 Å². The molecule has 28 heavy (non-hydrogen) atoms. The minimum absolute atomic E-state index is 0.183. The van der Waals surface area contributed by atoms with Crippen molar-refractivity contribution in [1.29, 1.82) is 0 Å². The first-order chi connectivity index (χ1) is 13.7. The first kappa shape index (κ1) is 17.7. The molecule has 0 aromatic heterocycles. The van der Waals surface area contributed by atoms with E-state index in [0.717, 1.165) is 42.9 Å². The third kappa shape index (κ3) is 2.90. The molecule has 3 aliphatic rings. The van der Waals surface area contributed by atoms with Crippen LogP contribution >= 0.6 is 0 Å². The largest absolute Gasteiger partial charge is 0.496 e. The Morgan fingerprint density at radius 1 is 1.21 bits per heavy atom. The summed E-state index contributed by atoms with van der Waals surface area (Å²) in [6.45, 7) is 1.74. The van der Waals surface area contributed by atoms with Gasteiger partial charge in [0.25, 0.3) is 0 Å². The molecule has 1 aliphatic carbocycles. The van der Waals surface area contributed by atoms with E-state index in [-0.39, 0.29) is 11.8 Å². The molecule has 1 saturated carbocycles. The summed E-state index contributed by atoms with van der Waals surface area (Å²) in [5.74, 6) is 1.74. The molecule has 0 radical (unpaired) electrons. The quantitative estimate of drug-likeness (QED) is 0.841. The van der Waals surface area contributed by atoms with Crippen LogP contribution in [-0.4, -0.2) is 32.7 Å². The number of nitrogens with one attached hydrogen (secondary N) is 2. The zero-order valence-electron chi connectivity index (χ0n) is 16.4. The van der Waals surface area contributed by atoms with E-state index in [1.807, 2.05) is 11.9 Å². The topological polar surface area (TPSA) is 53.6 Å². The van der Waals surface area contributed by atoms with E-state index in [9.17, 15) is 4.79 Å². The lowest BCUT2D eigenvalue weighted by molar-refractivity contribution is -0.119. The molecule has 4 unspecified atom stereocenters. The van der Waals surface area contributed by atoms with Crippen molar-refractivity contribution < 1.29 is 9.53 Å². The fourth-order valence-electron chi connectivity index (χ4n) is 4.90. The number of nitrogens with zero attached hydrogens (tertiary/aromatic N) is 1. The molecule has 0 spiro atoms. The van der Waals surface area contributed by atoms with Gasteiger partial charge in [-0.3, -0.25) is 4.79 Å². The maximum Gasteiger partial charge on any atom is 0.230 e. The molecule has 2 aromatic carbocycles. The summed E-state index contributed by atoms with van der Waals surface area (Å²) in [6.07, 6.45) is 2.07. The van der Waals surface area contributed by atoms with Crippen molar-refractivity contribution in [3.05, 3.63) is 59.2 Å². The van der Waals surface area contributed by atoms with Crippen LogP contribution in [0.5, 0.6) is 5.75 Å². The van der Waals surface area contributed by atoms with Crippen molar-refractivity contribution in [2.45, 2.75) is 37.4 Å². The fraction of sp³-hybridized carbons (Fsp3) is 0.435. The Kier molecular flexibility index (Phi) is 4.37. The number of hydrogen-bond acceptors (Lipinski definition) is 4. The molecule has 2 aliphatic heterocycles. The van der Waals surface area contributed by atoms with E-state index in [1.165, 1.54) is 11.1 Å². The van der Waals surface area contributed by atoms with Crippen molar-refractivity contribution in [3.8, 4) is 5.75 Å². The van der Waals surface area contributed by atoms with Crippen LogP contribution in [0.1, 0.15) is 41.5 Å². The zero-order valence-corrected chi connectivity index (χ0v) is 16.4. The van der Waals surface area contributed by atoms with Gasteiger partial charge in [0.2, 0.25) is 5.91 Å². The Balaban J connectivity index is 1.37. The van der Waals surface area contributed by atoms with Crippen LogP contribution in [0.4, 0.5) is 5.69 Å². The average Bonchev–Trinajstić information content (AvgIpc) is 3.40. The standard InChI is InChI=1S/C23H27N3O2/c1-26-20-10-15(21(28-2)12-17(20)16-11-18(16)23(26)27)13-25-19-8-9-24-22(19)14-6-4-3-5-7-14/h3-7,10,12,16,18-19,22,24-25H,8-9,11,13H2,1-2H3. The molecular weight excluding hydrogens is 350 g/mol. The Bertz CT molecular complexity index is 898. The number of methoxy groups -OCH3 is 1. The predicted octanol–water partition coefficient (Wildman–Crippen LogP) is 2.97. The van der Waals surface area contributed by atoms with Gasteiger partial charge in [0.1, 0.15) is 5.75 Å². The number of carbonyl (C=O) groups excluding carboxylic acids is 1. The Morgan fingerprint density at radius 3 is 2.82 bits per heavy atom. The molecule has 4 atom stereocenters. The van der Waals surface area contributed by atoms with Crippen molar-refractivity contribution >= 4 is 11.6 Å². The van der Waals surface area contributed by atoms with Gasteiger partial charge in [0.05, 0.1) is 7.11 Å². The van der Waals surface area contributed by atoms with Gasteiger partial charge in [-0.05, 0) is 48.6 Å². The number of anilines is 1. The number of carbonyl (C=O) groups is 1. The third-order valence-electron chi connectivity index (χ3n) is 6.56. The van der Waals surface area contributed by atoms with Gasteiger partial charge in [0.15, 0.2) is 0 Å². The van der Waals surface area contributed by atoms with Gasteiger partial charge >= 0.3 is 0 Å². The molecule has 5 nitrogen and oxygen atoms in total. The van der Waals surface area contributed by atoms with E-state index in [1.54, 1.807) is 7.11 Å². The number of ether oxygens (including phenoxy) is 1. The van der Waals surface area contributed by atoms with Gasteiger partial charge in [-0.2, -0.15) is 0 Å². The molecular formula is C23H27N3O2. The lowest BCUT2D eigenvalue weighted by Gasteiger charge is -2.27. The second kappa shape index (κ2) is 6.90. The van der Waals surface area contributed by atoms with Crippen LogP contribution in [0.2, 0.25) is 0 Å². The number of amides is 1. The summed E-state index contributed by atoms with van der Waals surface area (Å²) < 4.78 is 5.71. The monoisotopic (exact) mass is 377 g/mol. The van der Waals surface area contributed by atoms with Crippen LogP contribution in [-0.2, 0) is 11.3 Å². The summed E-state index contributed by atoms with van der Waals surface area (Å²) in [5.41, 5.74) is 4.74.